The first-order valence-corrected chi connectivity index (χ1v) is 6.80. The molecule has 8 heavy (non-hydrogen) atoms. The third-order valence-corrected chi connectivity index (χ3v) is 5.42. The van der Waals surface area contributed by atoms with Crippen molar-refractivity contribution in [3.8, 4) is 0 Å². The molecule has 0 aromatic carbocycles. The zero-order chi connectivity index (χ0) is 6.62. The molecule has 2 heteroatoms. The smallest absolute Gasteiger partial charge is 0.0240 e. The molecule has 0 saturated heterocycles. The Balaban J connectivity index is 3.55. The van der Waals surface area contributed by atoms with E-state index < -0.39 is 6.04 Å². The predicted octanol–water partition coefficient (Wildman–Crippen LogP) is 2.53. The molecule has 0 spiro atoms. The van der Waals surface area contributed by atoms with Crippen LogP contribution in [0.3, 0.4) is 0 Å². The third kappa shape index (κ3) is 3.63. The Kier molecular flexibility index (Phi) is 3.93. The highest BCUT2D eigenvalue weighted by molar-refractivity contribution is 8.14. The fourth-order valence-corrected chi connectivity index (χ4v) is 2.44. The van der Waals surface area contributed by atoms with Crippen molar-refractivity contribution >= 4 is 17.8 Å². The molecule has 0 radical (unpaired) electrons. The van der Waals surface area contributed by atoms with Crippen LogP contribution in [-0.2, 0) is 11.8 Å². The lowest BCUT2D eigenvalue weighted by Gasteiger charge is -2.10. The topological polar surface area (TPSA) is 0 Å². The van der Waals surface area contributed by atoms with Crippen LogP contribution in [0.4, 0.5) is 0 Å². The Labute approximate surface area is 57.7 Å². The number of hydrogen-bond donors (Lipinski definition) is 0. The molecule has 0 nitrogen and oxygen atoms in total. The molecule has 0 rings (SSSR count). The van der Waals surface area contributed by atoms with Crippen LogP contribution in [0.25, 0.3) is 0 Å². The van der Waals surface area contributed by atoms with Crippen molar-refractivity contribution < 1.29 is 0 Å². The Hall–Kier alpha value is 0.650. The molecular formula is C6H15PS. The Morgan fingerprint density at radius 3 is 2.00 bits per heavy atom. The second-order valence-corrected chi connectivity index (χ2v) is 8.65. The van der Waals surface area contributed by atoms with Gasteiger partial charge in [0.05, 0.1) is 0 Å². The quantitative estimate of drug-likeness (QED) is 0.557. The molecule has 0 aliphatic heterocycles. The minimum atomic E-state index is -0.840. The molecule has 0 bridgehead atoms. The zero-order valence-electron chi connectivity index (χ0n) is 5.98. The van der Waals surface area contributed by atoms with Crippen molar-refractivity contribution in [1.29, 1.82) is 0 Å². The van der Waals surface area contributed by atoms with Gasteiger partial charge >= 0.3 is 0 Å². The van der Waals surface area contributed by atoms with Crippen LogP contribution in [0, 0.1) is 0 Å². The summed E-state index contributed by atoms with van der Waals surface area (Å²) < 4.78 is 0. The van der Waals surface area contributed by atoms with Gasteiger partial charge in [-0.05, 0) is 25.0 Å². The second-order valence-electron chi connectivity index (χ2n) is 2.34. The van der Waals surface area contributed by atoms with Crippen molar-refractivity contribution in [2.75, 3.05) is 19.0 Å². The van der Waals surface area contributed by atoms with E-state index in [9.17, 15) is 0 Å². The summed E-state index contributed by atoms with van der Waals surface area (Å²) in [6.07, 6.45) is 3.79. The van der Waals surface area contributed by atoms with Crippen LogP contribution in [0.15, 0.2) is 0 Å². The fourth-order valence-electron chi connectivity index (χ4n) is 0.631. The normalized spacial score (nSPS) is 17.9. The number of hydrogen-bond acceptors (Lipinski definition) is 1. The van der Waals surface area contributed by atoms with Gasteiger partial charge in [-0.15, -0.1) is 0 Å². The summed E-state index contributed by atoms with van der Waals surface area (Å²) >= 11 is 5.35. The lowest BCUT2D eigenvalue weighted by Crippen LogP contribution is -1.86. The lowest BCUT2D eigenvalue weighted by atomic mass is 10.6. The van der Waals surface area contributed by atoms with Crippen LogP contribution in [-0.4, -0.2) is 19.0 Å². The molecule has 0 aliphatic rings. The molecule has 0 heterocycles. The molecule has 1 atom stereocenters. The van der Waals surface area contributed by atoms with Gasteiger partial charge in [-0.1, -0.05) is 32.1 Å². The van der Waals surface area contributed by atoms with E-state index in [0.717, 1.165) is 0 Å². The molecule has 0 fully saturated rings. The largest absolute Gasteiger partial charge is 0.0978 e. The maximum absolute atomic E-state index is 5.35. The van der Waals surface area contributed by atoms with Crippen molar-refractivity contribution in [1.82, 2.24) is 0 Å². The van der Waals surface area contributed by atoms with Crippen LogP contribution in [0.5, 0.6) is 0 Å². The predicted molar refractivity (Wildman–Crippen MR) is 45.9 cm³/mol. The molecule has 0 aromatic heterocycles. The second kappa shape index (κ2) is 3.63. The molecule has 1 unspecified atom stereocenters. The van der Waals surface area contributed by atoms with E-state index in [0.29, 0.717) is 0 Å². The summed E-state index contributed by atoms with van der Waals surface area (Å²) in [4.78, 5) is 0. The monoisotopic (exact) mass is 150 g/mol. The molecule has 0 N–H and O–H groups in total. The Morgan fingerprint density at radius 1 is 1.38 bits per heavy atom. The third-order valence-electron chi connectivity index (χ3n) is 1.37. The highest BCUT2D eigenvalue weighted by Gasteiger charge is 2.02. The van der Waals surface area contributed by atoms with E-state index in [-0.39, 0.29) is 0 Å². The van der Waals surface area contributed by atoms with E-state index in [1.54, 1.807) is 0 Å². The first-order valence-electron chi connectivity index (χ1n) is 3.18. The zero-order valence-corrected chi connectivity index (χ0v) is 7.69. The molecule has 0 aliphatic carbocycles. The SMILES string of the molecule is CCCP(C)(=S)CC. The van der Waals surface area contributed by atoms with Crippen LogP contribution < -0.4 is 0 Å². The summed E-state index contributed by atoms with van der Waals surface area (Å²) in [6, 6.07) is -0.840. The molecule has 50 valence electrons. The first-order chi connectivity index (χ1) is 3.62. The maximum atomic E-state index is 5.35. The minimum Gasteiger partial charge on any atom is -0.0978 e. The van der Waals surface area contributed by atoms with E-state index >= 15 is 0 Å². The molecule has 0 aromatic rings. The highest BCUT2D eigenvalue weighted by atomic mass is 32.4. The maximum Gasteiger partial charge on any atom is -0.0240 e. The standard InChI is InChI=1S/C6H15PS/c1-4-6-7(3,8)5-2/h4-6H2,1-3H3. The Bertz CT molecular complexity index is 98.7. The van der Waals surface area contributed by atoms with Gasteiger partial charge < -0.3 is 0 Å². The summed E-state index contributed by atoms with van der Waals surface area (Å²) in [6.45, 7) is 6.67. The molecule has 0 amide bonds. The summed E-state index contributed by atoms with van der Waals surface area (Å²) in [5.74, 6) is 0. The van der Waals surface area contributed by atoms with E-state index in [1.165, 1.54) is 18.7 Å². The number of rotatable bonds is 3. The van der Waals surface area contributed by atoms with E-state index in [1.807, 2.05) is 0 Å². The summed E-state index contributed by atoms with van der Waals surface area (Å²) in [7, 11) is 0. The summed E-state index contributed by atoms with van der Waals surface area (Å²) in [5.41, 5.74) is 0. The summed E-state index contributed by atoms with van der Waals surface area (Å²) in [5, 5.41) is 0. The van der Waals surface area contributed by atoms with Gasteiger partial charge in [0, 0.05) is 0 Å². The van der Waals surface area contributed by atoms with Crippen molar-refractivity contribution in [3.63, 3.8) is 0 Å². The average Bonchev–Trinajstić information content (AvgIpc) is 1.67. The lowest BCUT2D eigenvalue weighted by molar-refractivity contribution is 1.09. The van der Waals surface area contributed by atoms with Gasteiger partial charge in [-0.25, -0.2) is 0 Å². The first kappa shape index (κ1) is 8.65. The molecular weight excluding hydrogens is 135 g/mol. The van der Waals surface area contributed by atoms with Gasteiger partial charge in [0.25, 0.3) is 0 Å². The van der Waals surface area contributed by atoms with Crippen LogP contribution in [0.2, 0.25) is 0 Å². The van der Waals surface area contributed by atoms with Gasteiger partial charge in [-0.3, -0.25) is 0 Å². The Morgan fingerprint density at radius 2 is 1.88 bits per heavy atom. The fraction of sp³-hybridized carbons (Fsp3) is 1.00. The van der Waals surface area contributed by atoms with Crippen LogP contribution in [0.1, 0.15) is 20.3 Å². The van der Waals surface area contributed by atoms with Gasteiger partial charge in [0.15, 0.2) is 0 Å². The molecule has 0 saturated carbocycles. The van der Waals surface area contributed by atoms with Gasteiger partial charge in [-0.2, -0.15) is 0 Å². The average molecular weight is 150 g/mol. The van der Waals surface area contributed by atoms with E-state index in [2.05, 4.69) is 20.5 Å². The van der Waals surface area contributed by atoms with Crippen LogP contribution >= 0.6 is 6.04 Å². The van der Waals surface area contributed by atoms with Crippen molar-refractivity contribution in [3.05, 3.63) is 0 Å². The van der Waals surface area contributed by atoms with Crippen molar-refractivity contribution in [2.24, 2.45) is 0 Å². The van der Waals surface area contributed by atoms with Gasteiger partial charge in [0.2, 0.25) is 0 Å². The highest BCUT2D eigenvalue weighted by Crippen LogP contribution is 2.40. The van der Waals surface area contributed by atoms with Gasteiger partial charge in [0.1, 0.15) is 0 Å². The van der Waals surface area contributed by atoms with Crippen molar-refractivity contribution in [2.45, 2.75) is 20.3 Å². The van der Waals surface area contributed by atoms with E-state index in [4.69, 9.17) is 11.8 Å². The minimum absolute atomic E-state index is 0.840.